The summed E-state index contributed by atoms with van der Waals surface area (Å²) in [4.78, 5) is 23.5. The van der Waals surface area contributed by atoms with E-state index in [2.05, 4.69) is 14.1 Å². The fraction of sp³-hybridized carbons (Fsp3) is 0.571. The summed E-state index contributed by atoms with van der Waals surface area (Å²) in [7, 11) is -4.26. The van der Waals surface area contributed by atoms with Crippen molar-refractivity contribution in [2.45, 2.75) is 20.3 Å². The Morgan fingerprint density at radius 2 is 2.21 bits per heavy atom. The van der Waals surface area contributed by atoms with Crippen LogP contribution in [-0.4, -0.2) is 17.5 Å². The molecule has 0 spiro atoms. The molecule has 0 aliphatic carbocycles. The van der Waals surface area contributed by atoms with Gasteiger partial charge in [-0.15, -0.1) is 0 Å². The topological polar surface area (TPSA) is 82.1 Å². The third kappa shape index (κ3) is 6.80. The highest BCUT2D eigenvalue weighted by Crippen LogP contribution is 2.43. The minimum absolute atomic E-state index is 0.0505. The van der Waals surface area contributed by atoms with Crippen molar-refractivity contribution in [2.75, 3.05) is 6.61 Å². The molecule has 1 atom stereocenters. The minimum atomic E-state index is -4.26. The van der Waals surface area contributed by atoms with Gasteiger partial charge >= 0.3 is 13.8 Å². The van der Waals surface area contributed by atoms with Gasteiger partial charge in [0.05, 0.1) is 6.61 Å². The maximum Gasteiger partial charge on any atom is 0.508 e. The van der Waals surface area contributed by atoms with Crippen molar-refractivity contribution in [1.29, 1.82) is 0 Å². The van der Waals surface area contributed by atoms with Gasteiger partial charge < -0.3 is 4.89 Å². The Morgan fingerprint density at radius 3 is 2.71 bits per heavy atom. The molecule has 14 heavy (non-hydrogen) atoms. The zero-order valence-electron chi connectivity index (χ0n) is 8.00. The van der Waals surface area contributed by atoms with Crippen LogP contribution in [-0.2, 0) is 23.4 Å². The Kier molecular flexibility index (Phi) is 6.40. The van der Waals surface area contributed by atoms with Crippen LogP contribution in [0.4, 0.5) is 0 Å². The van der Waals surface area contributed by atoms with Gasteiger partial charge in [0.25, 0.3) is 0 Å². The smallest absolute Gasteiger partial charge is 0.300 e. The van der Waals surface area contributed by atoms with E-state index < -0.39 is 13.8 Å². The van der Waals surface area contributed by atoms with Gasteiger partial charge in [0.1, 0.15) is 0 Å². The maximum absolute atomic E-state index is 10.9. The molecule has 82 valence electrons. The second-order valence-corrected chi connectivity index (χ2v) is 3.62. The first-order chi connectivity index (χ1) is 6.52. The molecule has 0 aliphatic heterocycles. The second kappa shape index (κ2) is 6.73. The molecular formula is C7H13O6P. The van der Waals surface area contributed by atoms with Crippen LogP contribution in [0.3, 0.4) is 0 Å². The zero-order valence-corrected chi connectivity index (χ0v) is 8.90. The molecule has 0 saturated carbocycles. The van der Waals surface area contributed by atoms with Gasteiger partial charge in [-0.3, -0.25) is 9.41 Å². The van der Waals surface area contributed by atoms with Gasteiger partial charge in [0.2, 0.25) is 0 Å². The maximum atomic E-state index is 10.9. The van der Waals surface area contributed by atoms with E-state index in [0.717, 1.165) is 6.08 Å². The molecule has 1 N–H and O–H groups in total. The second-order valence-electron chi connectivity index (χ2n) is 2.28. The van der Waals surface area contributed by atoms with Gasteiger partial charge in [-0.1, -0.05) is 17.7 Å². The number of rotatable bonds is 6. The molecule has 0 rings (SSSR count). The van der Waals surface area contributed by atoms with Crippen molar-refractivity contribution in [3.05, 3.63) is 12.2 Å². The molecule has 1 unspecified atom stereocenters. The Morgan fingerprint density at radius 1 is 1.57 bits per heavy atom. The summed E-state index contributed by atoms with van der Waals surface area (Å²) < 4.78 is 19.2. The van der Waals surface area contributed by atoms with Gasteiger partial charge in [0, 0.05) is 6.08 Å². The van der Waals surface area contributed by atoms with Gasteiger partial charge in [-0.25, -0.2) is 9.36 Å². The van der Waals surface area contributed by atoms with Crippen LogP contribution in [0.25, 0.3) is 0 Å². The van der Waals surface area contributed by atoms with Gasteiger partial charge in [-0.2, -0.15) is 0 Å². The Hall–Kier alpha value is -0.680. The lowest BCUT2D eigenvalue weighted by Gasteiger charge is -2.08. The quantitative estimate of drug-likeness (QED) is 0.319. The van der Waals surface area contributed by atoms with E-state index in [1.807, 2.05) is 0 Å². The number of hydrogen-bond donors (Lipinski definition) is 1. The van der Waals surface area contributed by atoms with Crippen molar-refractivity contribution in [3.63, 3.8) is 0 Å². The summed E-state index contributed by atoms with van der Waals surface area (Å²) >= 11 is 0. The number of phosphoric acid groups is 1. The summed E-state index contributed by atoms with van der Waals surface area (Å²) in [6.07, 6.45) is 3.00. The SMILES string of the molecule is CC=CC(=O)OOP(=O)(O)OCCC. The third-order valence-corrected chi connectivity index (χ3v) is 1.75. The summed E-state index contributed by atoms with van der Waals surface area (Å²) in [6, 6.07) is 0. The number of phosphoric ester groups is 1. The van der Waals surface area contributed by atoms with Crippen LogP contribution in [0, 0.1) is 0 Å². The number of allylic oxidation sites excluding steroid dienone is 1. The van der Waals surface area contributed by atoms with Crippen molar-refractivity contribution >= 4 is 13.8 Å². The molecular weight excluding hydrogens is 211 g/mol. The fourth-order valence-corrected chi connectivity index (χ4v) is 1.10. The van der Waals surface area contributed by atoms with Crippen molar-refractivity contribution in [1.82, 2.24) is 0 Å². The molecule has 0 aromatic rings. The standard InChI is InChI=1S/C7H13O6P/c1-3-5-7(8)12-13-14(9,10)11-6-4-2/h3,5H,4,6H2,1-2H3,(H,9,10). The van der Waals surface area contributed by atoms with Crippen LogP contribution in [0.1, 0.15) is 20.3 Å². The molecule has 0 radical (unpaired) electrons. The number of carbonyl (C=O) groups is 1. The molecule has 0 aromatic carbocycles. The van der Waals surface area contributed by atoms with Crippen LogP contribution in [0.2, 0.25) is 0 Å². The first-order valence-electron chi connectivity index (χ1n) is 4.02. The first-order valence-corrected chi connectivity index (χ1v) is 5.51. The predicted octanol–water partition coefficient (Wildman–Crippen LogP) is 1.56. The molecule has 7 heteroatoms. The number of hydrogen-bond acceptors (Lipinski definition) is 5. The average Bonchev–Trinajstić information content (AvgIpc) is 2.13. The lowest BCUT2D eigenvalue weighted by Crippen LogP contribution is -2.02. The molecule has 0 bridgehead atoms. The largest absolute Gasteiger partial charge is 0.508 e. The monoisotopic (exact) mass is 224 g/mol. The fourth-order valence-electron chi connectivity index (χ4n) is 0.476. The highest BCUT2D eigenvalue weighted by Gasteiger charge is 2.23. The molecule has 0 heterocycles. The highest BCUT2D eigenvalue weighted by molar-refractivity contribution is 7.47. The summed E-state index contributed by atoms with van der Waals surface area (Å²) in [6.45, 7) is 3.40. The van der Waals surface area contributed by atoms with Gasteiger partial charge in [0.15, 0.2) is 0 Å². The van der Waals surface area contributed by atoms with Crippen LogP contribution in [0.15, 0.2) is 12.2 Å². The third-order valence-electron chi connectivity index (χ3n) is 0.975. The van der Waals surface area contributed by atoms with E-state index in [1.165, 1.54) is 6.08 Å². The highest BCUT2D eigenvalue weighted by atomic mass is 31.2. The lowest BCUT2D eigenvalue weighted by molar-refractivity contribution is -0.217. The van der Waals surface area contributed by atoms with E-state index in [9.17, 15) is 9.36 Å². The molecule has 0 aromatic heterocycles. The lowest BCUT2D eigenvalue weighted by atomic mass is 10.5. The first kappa shape index (κ1) is 13.3. The molecule has 0 amide bonds. The van der Waals surface area contributed by atoms with Gasteiger partial charge in [-0.05, 0) is 13.3 Å². The van der Waals surface area contributed by atoms with Crippen LogP contribution in [0.5, 0.6) is 0 Å². The molecule has 6 nitrogen and oxygen atoms in total. The Bertz CT molecular complexity index is 249. The average molecular weight is 224 g/mol. The van der Waals surface area contributed by atoms with E-state index in [4.69, 9.17) is 4.89 Å². The van der Waals surface area contributed by atoms with Crippen molar-refractivity contribution < 1.29 is 28.3 Å². The van der Waals surface area contributed by atoms with Crippen LogP contribution < -0.4 is 0 Å². The van der Waals surface area contributed by atoms with E-state index in [1.54, 1.807) is 13.8 Å². The molecule has 0 fully saturated rings. The van der Waals surface area contributed by atoms with Crippen molar-refractivity contribution in [2.24, 2.45) is 0 Å². The summed E-state index contributed by atoms with van der Waals surface area (Å²) in [5, 5.41) is 0. The zero-order chi connectivity index (χ0) is 11.0. The van der Waals surface area contributed by atoms with E-state index in [-0.39, 0.29) is 6.61 Å². The molecule has 0 aliphatic rings. The Balaban J connectivity index is 3.86. The minimum Gasteiger partial charge on any atom is -0.300 e. The molecule has 0 saturated heterocycles. The van der Waals surface area contributed by atoms with E-state index in [0.29, 0.717) is 6.42 Å². The summed E-state index contributed by atoms with van der Waals surface area (Å²) in [5.41, 5.74) is 0. The normalized spacial score (nSPS) is 15.4. The summed E-state index contributed by atoms with van der Waals surface area (Å²) in [5.74, 6) is -0.873. The predicted molar refractivity (Wildman–Crippen MR) is 48.1 cm³/mol. The number of carbonyl (C=O) groups excluding carboxylic acids is 1. The van der Waals surface area contributed by atoms with E-state index >= 15 is 0 Å². The van der Waals surface area contributed by atoms with Crippen molar-refractivity contribution in [3.8, 4) is 0 Å². The van der Waals surface area contributed by atoms with Crippen LogP contribution >= 0.6 is 7.82 Å². The Labute approximate surface area is 82.0 Å².